The van der Waals surface area contributed by atoms with Gasteiger partial charge in [-0.3, -0.25) is 0 Å². The summed E-state index contributed by atoms with van der Waals surface area (Å²) in [5.41, 5.74) is 1.04. The molecule has 0 bridgehead atoms. The molecule has 2 heterocycles. The highest BCUT2D eigenvalue weighted by atomic mass is 32.2. The Morgan fingerprint density at radius 3 is 2.44 bits per heavy atom. The van der Waals surface area contributed by atoms with Crippen molar-refractivity contribution in [2.24, 2.45) is 11.8 Å². The lowest BCUT2D eigenvalue weighted by Gasteiger charge is -2.28. The molecule has 3 atom stereocenters. The van der Waals surface area contributed by atoms with Gasteiger partial charge in [-0.25, -0.2) is 8.42 Å². The number of nitrogens with one attached hydrogen (secondary N) is 1. The molecule has 2 aromatic rings. The van der Waals surface area contributed by atoms with Crippen LogP contribution in [0.2, 0.25) is 0 Å². The number of benzene rings is 2. The lowest BCUT2D eigenvalue weighted by Crippen LogP contribution is -2.34. The summed E-state index contributed by atoms with van der Waals surface area (Å²) in [6.45, 7) is 2.21. The van der Waals surface area contributed by atoms with Gasteiger partial charge in [0, 0.05) is 19.2 Å². The maximum absolute atomic E-state index is 13.5. The third-order valence-corrected chi connectivity index (χ3v) is 7.47. The van der Waals surface area contributed by atoms with Crippen LogP contribution in [-0.4, -0.2) is 46.6 Å². The quantitative estimate of drug-likeness (QED) is 0.851. The summed E-state index contributed by atoms with van der Waals surface area (Å²) in [6, 6.07) is 14.5. The molecule has 0 amide bonds. The van der Waals surface area contributed by atoms with Gasteiger partial charge in [0.25, 0.3) is 0 Å². The smallest absolute Gasteiger partial charge is 0.243 e. The van der Waals surface area contributed by atoms with Gasteiger partial charge in [-0.1, -0.05) is 30.3 Å². The van der Waals surface area contributed by atoms with Crippen molar-refractivity contribution in [1.29, 1.82) is 0 Å². The zero-order valence-corrected chi connectivity index (χ0v) is 16.3. The van der Waals surface area contributed by atoms with Crippen molar-refractivity contribution < 1.29 is 17.9 Å². The average molecular weight is 388 g/mol. The summed E-state index contributed by atoms with van der Waals surface area (Å²) in [4.78, 5) is 0.231. The van der Waals surface area contributed by atoms with Crippen LogP contribution in [0.4, 0.5) is 0 Å². The second-order valence-electron chi connectivity index (χ2n) is 7.03. The standard InChI is InChI=1S/C20H24N2O4S/c1-25-18-9-8-16(10-19(18)26-2)27(23,24)22-13-15-11-21-12-17(15)20(22)14-6-4-3-5-7-14/h3-10,15,17,20-21H,11-13H2,1-2H3/t15-,17-,20-/m0/s1. The second kappa shape index (κ2) is 7.14. The van der Waals surface area contributed by atoms with E-state index in [2.05, 4.69) is 5.32 Å². The van der Waals surface area contributed by atoms with E-state index in [4.69, 9.17) is 9.47 Å². The Kier molecular flexibility index (Phi) is 4.84. The zero-order chi connectivity index (χ0) is 19.0. The number of nitrogens with zero attached hydrogens (tertiary/aromatic N) is 1. The summed E-state index contributed by atoms with van der Waals surface area (Å²) in [5, 5.41) is 3.41. The minimum absolute atomic E-state index is 0.163. The van der Waals surface area contributed by atoms with Crippen LogP contribution in [0, 0.1) is 11.8 Å². The molecule has 2 saturated heterocycles. The Morgan fingerprint density at radius 1 is 1.00 bits per heavy atom. The fourth-order valence-corrected chi connectivity index (χ4v) is 6.04. The van der Waals surface area contributed by atoms with Crippen LogP contribution in [0.5, 0.6) is 11.5 Å². The van der Waals surface area contributed by atoms with Gasteiger partial charge in [-0.2, -0.15) is 4.31 Å². The molecule has 0 unspecified atom stereocenters. The normalized spacial score (nSPS) is 25.3. The molecule has 2 aromatic carbocycles. The molecule has 27 heavy (non-hydrogen) atoms. The van der Waals surface area contributed by atoms with Crippen molar-refractivity contribution in [2.75, 3.05) is 33.9 Å². The van der Waals surface area contributed by atoms with Crippen molar-refractivity contribution in [3.05, 3.63) is 54.1 Å². The van der Waals surface area contributed by atoms with E-state index >= 15 is 0 Å². The first-order valence-electron chi connectivity index (χ1n) is 9.06. The first-order valence-corrected chi connectivity index (χ1v) is 10.5. The number of ether oxygens (including phenoxy) is 2. The molecule has 2 fully saturated rings. The SMILES string of the molecule is COc1ccc(S(=O)(=O)N2C[C@@H]3CNC[C@@H]3[C@@H]2c2ccccc2)cc1OC. The lowest BCUT2D eigenvalue weighted by molar-refractivity contribution is 0.343. The Hall–Kier alpha value is -2.09. The summed E-state index contributed by atoms with van der Waals surface area (Å²) in [7, 11) is -0.625. The summed E-state index contributed by atoms with van der Waals surface area (Å²) in [5.74, 6) is 1.53. The third kappa shape index (κ3) is 3.09. The van der Waals surface area contributed by atoms with Crippen LogP contribution >= 0.6 is 0 Å². The molecule has 6 nitrogen and oxygen atoms in total. The van der Waals surface area contributed by atoms with E-state index in [1.54, 1.807) is 22.5 Å². The van der Waals surface area contributed by atoms with Gasteiger partial charge in [0.15, 0.2) is 11.5 Å². The summed E-state index contributed by atoms with van der Waals surface area (Å²) in [6.07, 6.45) is 0. The van der Waals surface area contributed by atoms with E-state index in [9.17, 15) is 8.42 Å². The number of hydrogen-bond donors (Lipinski definition) is 1. The van der Waals surface area contributed by atoms with Crippen LogP contribution in [0.15, 0.2) is 53.4 Å². The number of fused-ring (bicyclic) bond motifs is 1. The fourth-order valence-electron chi connectivity index (χ4n) is 4.30. The lowest BCUT2D eigenvalue weighted by atomic mass is 9.90. The van der Waals surface area contributed by atoms with E-state index in [0.717, 1.165) is 18.7 Å². The first-order chi connectivity index (χ1) is 13.1. The molecule has 0 saturated carbocycles. The maximum atomic E-state index is 13.5. The Balaban J connectivity index is 1.76. The Labute approximate surface area is 160 Å². The molecule has 2 aliphatic heterocycles. The van der Waals surface area contributed by atoms with Crippen LogP contribution in [0.3, 0.4) is 0 Å². The van der Waals surface area contributed by atoms with Gasteiger partial charge in [0.05, 0.1) is 25.2 Å². The molecule has 7 heteroatoms. The van der Waals surface area contributed by atoms with Crippen molar-refractivity contribution in [3.8, 4) is 11.5 Å². The number of sulfonamides is 1. The minimum atomic E-state index is -3.67. The molecular weight excluding hydrogens is 364 g/mol. The van der Waals surface area contributed by atoms with Crippen LogP contribution in [-0.2, 0) is 10.0 Å². The molecule has 4 rings (SSSR count). The zero-order valence-electron chi connectivity index (χ0n) is 15.5. The Bertz CT molecular complexity index is 917. The topological polar surface area (TPSA) is 67.9 Å². The first kappa shape index (κ1) is 18.3. The molecule has 2 aliphatic rings. The monoisotopic (exact) mass is 388 g/mol. The molecule has 0 aromatic heterocycles. The van der Waals surface area contributed by atoms with Gasteiger partial charge < -0.3 is 14.8 Å². The summed E-state index contributed by atoms with van der Waals surface area (Å²) < 4.78 is 39.3. The molecular formula is C20H24N2O4S. The highest BCUT2D eigenvalue weighted by Crippen LogP contribution is 2.45. The molecule has 0 aliphatic carbocycles. The third-order valence-electron chi connectivity index (χ3n) is 5.63. The van der Waals surface area contributed by atoms with E-state index in [-0.39, 0.29) is 16.9 Å². The maximum Gasteiger partial charge on any atom is 0.243 e. The highest BCUT2D eigenvalue weighted by Gasteiger charge is 2.49. The molecule has 144 valence electrons. The summed E-state index contributed by atoms with van der Waals surface area (Å²) >= 11 is 0. The van der Waals surface area contributed by atoms with E-state index in [1.165, 1.54) is 14.2 Å². The predicted molar refractivity (Wildman–Crippen MR) is 102 cm³/mol. The van der Waals surface area contributed by atoms with Gasteiger partial charge in [-0.15, -0.1) is 0 Å². The van der Waals surface area contributed by atoms with E-state index in [0.29, 0.717) is 24.0 Å². The van der Waals surface area contributed by atoms with Gasteiger partial charge in [-0.05, 0) is 36.1 Å². The number of methoxy groups -OCH3 is 2. The van der Waals surface area contributed by atoms with Gasteiger partial charge in [0.1, 0.15) is 0 Å². The number of hydrogen-bond acceptors (Lipinski definition) is 5. The minimum Gasteiger partial charge on any atom is -0.493 e. The van der Waals surface area contributed by atoms with Crippen LogP contribution < -0.4 is 14.8 Å². The van der Waals surface area contributed by atoms with Gasteiger partial charge >= 0.3 is 0 Å². The predicted octanol–water partition coefficient (Wildman–Crippen LogP) is 2.29. The average Bonchev–Trinajstić information content (AvgIpc) is 3.29. The van der Waals surface area contributed by atoms with Crippen molar-refractivity contribution >= 4 is 10.0 Å². The van der Waals surface area contributed by atoms with Crippen molar-refractivity contribution in [2.45, 2.75) is 10.9 Å². The number of rotatable bonds is 5. The van der Waals surface area contributed by atoms with Crippen molar-refractivity contribution in [1.82, 2.24) is 9.62 Å². The molecule has 1 N–H and O–H groups in total. The van der Waals surface area contributed by atoms with E-state index < -0.39 is 10.0 Å². The Morgan fingerprint density at radius 2 is 1.74 bits per heavy atom. The second-order valence-corrected chi connectivity index (χ2v) is 8.92. The van der Waals surface area contributed by atoms with Crippen molar-refractivity contribution in [3.63, 3.8) is 0 Å². The van der Waals surface area contributed by atoms with Crippen LogP contribution in [0.1, 0.15) is 11.6 Å². The molecule has 0 spiro atoms. The van der Waals surface area contributed by atoms with Crippen LogP contribution in [0.25, 0.3) is 0 Å². The highest BCUT2D eigenvalue weighted by molar-refractivity contribution is 7.89. The van der Waals surface area contributed by atoms with E-state index in [1.807, 2.05) is 30.3 Å². The molecule has 0 radical (unpaired) electrons. The fraction of sp³-hybridized carbons (Fsp3) is 0.400. The van der Waals surface area contributed by atoms with Gasteiger partial charge in [0.2, 0.25) is 10.0 Å². The largest absolute Gasteiger partial charge is 0.493 e.